The van der Waals surface area contributed by atoms with Gasteiger partial charge in [0, 0.05) is 18.2 Å². The van der Waals surface area contributed by atoms with Crippen molar-refractivity contribution in [2.75, 3.05) is 18.1 Å². The Balaban J connectivity index is 2.19. The average molecular weight is 380 g/mol. The van der Waals surface area contributed by atoms with E-state index in [1.54, 1.807) is 18.2 Å². The third-order valence-corrected chi connectivity index (χ3v) is 5.36. The Morgan fingerprint density at radius 3 is 2.65 bits per heavy atom. The Bertz CT molecular complexity index is 673. The molecule has 8 heteroatoms. The fourth-order valence-electron chi connectivity index (χ4n) is 2.93. The van der Waals surface area contributed by atoms with E-state index >= 15 is 0 Å². The Kier molecular flexibility index (Phi) is 6.90. The molecule has 1 aliphatic heterocycles. The minimum Gasteiger partial charge on any atom is -0.494 e. The van der Waals surface area contributed by atoms with E-state index in [0.717, 1.165) is 0 Å². The second kappa shape index (κ2) is 8.93. The molecule has 0 aliphatic carbocycles. The van der Waals surface area contributed by atoms with Gasteiger partial charge in [-0.05, 0) is 25.2 Å². The van der Waals surface area contributed by atoms with Crippen LogP contribution in [0.1, 0.15) is 38.3 Å². The third kappa shape index (κ3) is 4.91. The van der Waals surface area contributed by atoms with Gasteiger partial charge in [0.05, 0.1) is 19.1 Å². The van der Waals surface area contributed by atoms with E-state index in [1.165, 1.54) is 18.7 Å². The number of thioether (sulfide) groups is 1. The third-order valence-electron chi connectivity index (χ3n) is 4.17. The number of nitrogens with one attached hydrogen (secondary N) is 2. The molecule has 2 rings (SSSR count). The lowest BCUT2D eigenvalue weighted by Gasteiger charge is -2.27. The molecule has 0 bridgehead atoms. The van der Waals surface area contributed by atoms with E-state index in [0.29, 0.717) is 35.8 Å². The molecule has 3 N–H and O–H groups in total. The van der Waals surface area contributed by atoms with Crippen LogP contribution < -0.4 is 15.4 Å². The molecular formula is C18H24N2O5S. The smallest absolute Gasteiger partial charge is 0.330 e. The normalized spacial score (nSPS) is 20.2. The molecule has 1 aromatic carbocycles. The average Bonchev–Trinajstić information content (AvgIpc) is 3.04. The molecular weight excluding hydrogens is 356 g/mol. The lowest BCUT2D eigenvalue weighted by Crippen LogP contribution is -2.55. The highest BCUT2D eigenvalue weighted by atomic mass is 32.2. The minimum absolute atomic E-state index is 0.0661. The van der Waals surface area contributed by atoms with Gasteiger partial charge < -0.3 is 20.5 Å². The Hall–Kier alpha value is -2.22. The Labute approximate surface area is 156 Å². The predicted molar refractivity (Wildman–Crippen MR) is 99.2 cm³/mol. The molecule has 0 aromatic heterocycles. The summed E-state index contributed by atoms with van der Waals surface area (Å²) in [5, 5.41) is 14.9. The Morgan fingerprint density at radius 2 is 2.08 bits per heavy atom. The first-order chi connectivity index (χ1) is 12.4. The van der Waals surface area contributed by atoms with Gasteiger partial charge in [-0.25, -0.2) is 4.79 Å². The molecule has 1 saturated heterocycles. The number of benzene rings is 1. The number of amides is 2. The fourth-order valence-corrected chi connectivity index (χ4v) is 4.25. The summed E-state index contributed by atoms with van der Waals surface area (Å²) in [6.45, 7) is 3.68. The molecule has 7 nitrogen and oxygen atoms in total. The first-order valence-electron chi connectivity index (χ1n) is 8.49. The van der Waals surface area contributed by atoms with E-state index in [2.05, 4.69) is 10.6 Å². The van der Waals surface area contributed by atoms with Crippen LogP contribution in [-0.4, -0.2) is 46.5 Å². The predicted octanol–water partition coefficient (Wildman–Crippen LogP) is 1.73. The second-order valence-electron chi connectivity index (χ2n) is 6.17. The highest BCUT2D eigenvalue weighted by Gasteiger charge is 2.43. The number of carboxylic acids is 1. The number of rotatable bonds is 8. The number of ether oxygens (including phenoxy) is 1. The van der Waals surface area contributed by atoms with Crippen LogP contribution in [0.2, 0.25) is 0 Å². The van der Waals surface area contributed by atoms with Crippen molar-refractivity contribution in [2.24, 2.45) is 0 Å². The van der Waals surface area contributed by atoms with Gasteiger partial charge in [-0.1, -0.05) is 18.2 Å². The zero-order chi connectivity index (χ0) is 19.2. The summed E-state index contributed by atoms with van der Waals surface area (Å²) in [4.78, 5) is 35.8. The monoisotopic (exact) mass is 380 g/mol. The van der Waals surface area contributed by atoms with Crippen LogP contribution in [-0.2, 0) is 14.4 Å². The van der Waals surface area contributed by atoms with E-state index in [-0.39, 0.29) is 12.3 Å². The second-order valence-corrected chi connectivity index (χ2v) is 7.27. The molecule has 142 valence electrons. The van der Waals surface area contributed by atoms with Crippen LogP contribution in [0.5, 0.6) is 5.75 Å². The summed E-state index contributed by atoms with van der Waals surface area (Å²) in [6.07, 6.45) is 0.322. The van der Waals surface area contributed by atoms with Gasteiger partial charge in [0.2, 0.25) is 11.8 Å². The first-order valence-corrected chi connectivity index (χ1v) is 9.64. The maximum atomic E-state index is 12.6. The lowest BCUT2D eigenvalue weighted by molar-refractivity contribution is -0.146. The summed E-state index contributed by atoms with van der Waals surface area (Å²) in [5.41, 5.74) is -0.549. The number of hydrogen-bond donors (Lipinski definition) is 3. The highest BCUT2D eigenvalue weighted by Crippen LogP contribution is 2.30. The number of aliphatic carboxylic acids is 1. The highest BCUT2D eigenvalue weighted by molar-refractivity contribution is 7.99. The summed E-state index contributed by atoms with van der Waals surface area (Å²) >= 11 is 1.50. The van der Waals surface area contributed by atoms with Crippen molar-refractivity contribution in [3.8, 4) is 5.75 Å². The van der Waals surface area contributed by atoms with Crippen LogP contribution in [0.3, 0.4) is 0 Å². The van der Waals surface area contributed by atoms with E-state index in [9.17, 15) is 19.5 Å². The largest absolute Gasteiger partial charge is 0.494 e. The molecule has 2 amide bonds. The minimum atomic E-state index is -1.23. The molecule has 26 heavy (non-hydrogen) atoms. The van der Waals surface area contributed by atoms with Crippen molar-refractivity contribution in [1.82, 2.24) is 10.6 Å². The van der Waals surface area contributed by atoms with Crippen molar-refractivity contribution < 1.29 is 24.2 Å². The van der Waals surface area contributed by atoms with Gasteiger partial charge in [0.25, 0.3) is 0 Å². The van der Waals surface area contributed by atoms with Crippen LogP contribution in [0.15, 0.2) is 24.3 Å². The zero-order valence-electron chi connectivity index (χ0n) is 14.9. The number of carbonyl (C=O) groups is 3. The standard InChI is InChI=1S/C18H24N2O5S/c1-3-25-15-7-5-4-6-13(15)14(19-12(2)21)10-16(22)20-18(17(23)24)8-9-26-11-18/h4-7,14H,3,8-11H2,1-2H3,(H,19,21)(H,20,22)(H,23,24). The van der Waals surface area contributed by atoms with Crippen molar-refractivity contribution in [2.45, 2.75) is 38.3 Å². The van der Waals surface area contributed by atoms with Gasteiger partial charge in [-0.3, -0.25) is 9.59 Å². The van der Waals surface area contributed by atoms with Crippen molar-refractivity contribution >= 4 is 29.5 Å². The van der Waals surface area contributed by atoms with Crippen LogP contribution in [0.25, 0.3) is 0 Å². The van der Waals surface area contributed by atoms with Crippen LogP contribution in [0, 0.1) is 0 Å². The summed E-state index contributed by atoms with van der Waals surface area (Å²) in [5.74, 6) is -0.102. The maximum absolute atomic E-state index is 12.6. The molecule has 1 aliphatic rings. The number of para-hydroxylation sites is 1. The number of hydrogen-bond acceptors (Lipinski definition) is 5. The van der Waals surface area contributed by atoms with E-state index in [4.69, 9.17) is 4.74 Å². The topological polar surface area (TPSA) is 105 Å². The molecule has 1 heterocycles. The molecule has 0 radical (unpaired) electrons. The number of carbonyl (C=O) groups excluding carboxylic acids is 2. The van der Waals surface area contributed by atoms with E-state index < -0.39 is 23.5 Å². The van der Waals surface area contributed by atoms with Crippen LogP contribution in [0.4, 0.5) is 0 Å². The molecule has 0 saturated carbocycles. The van der Waals surface area contributed by atoms with Gasteiger partial charge in [-0.2, -0.15) is 11.8 Å². The maximum Gasteiger partial charge on any atom is 0.330 e. The van der Waals surface area contributed by atoms with Crippen molar-refractivity contribution in [3.05, 3.63) is 29.8 Å². The van der Waals surface area contributed by atoms with Gasteiger partial charge >= 0.3 is 5.97 Å². The zero-order valence-corrected chi connectivity index (χ0v) is 15.7. The summed E-state index contributed by atoms with van der Waals surface area (Å²) in [6, 6.07) is 6.58. The van der Waals surface area contributed by atoms with Crippen molar-refractivity contribution in [3.63, 3.8) is 0 Å². The molecule has 2 unspecified atom stereocenters. The fraction of sp³-hybridized carbons (Fsp3) is 0.500. The van der Waals surface area contributed by atoms with Crippen molar-refractivity contribution in [1.29, 1.82) is 0 Å². The molecule has 0 spiro atoms. The quantitative estimate of drug-likeness (QED) is 0.634. The Morgan fingerprint density at radius 1 is 1.35 bits per heavy atom. The van der Waals surface area contributed by atoms with Gasteiger partial charge in [0.15, 0.2) is 0 Å². The number of carboxylic acid groups (broad SMARTS) is 1. The molecule has 1 aromatic rings. The first kappa shape index (κ1) is 20.1. The van der Waals surface area contributed by atoms with Crippen LogP contribution >= 0.6 is 11.8 Å². The van der Waals surface area contributed by atoms with Gasteiger partial charge in [-0.15, -0.1) is 0 Å². The summed E-state index contributed by atoms with van der Waals surface area (Å²) < 4.78 is 5.59. The molecule has 2 atom stereocenters. The lowest BCUT2D eigenvalue weighted by atomic mass is 9.97. The SMILES string of the molecule is CCOc1ccccc1C(CC(=O)NC1(C(=O)O)CCSC1)NC(C)=O. The summed E-state index contributed by atoms with van der Waals surface area (Å²) in [7, 11) is 0. The molecule has 1 fully saturated rings. The van der Waals surface area contributed by atoms with E-state index in [1.807, 2.05) is 13.0 Å². The van der Waals surface area contributed by atoms with Gasteiger partial charge in [0.1, 0.15) is 11.3 Å².